The van der Waals surface area contributed by atoms with Crippen molar-refractivity contribution in [3.8, 4) is 0 Å². The minimum Gasteiger partial charge on any atom is -0.446 e. The molecule has 114 valence electrons. The van der Waals surface area contributed by atoms with Crippen LogP contribution in [0.15, 0.2) is 15.4 Å². The summed E-state index contributed by atoms with van der Waals surface area (Å²) in [7, 11) is 0. The summed E-state index contributed by atoms with van der Waals surface area (Å²) in [5, 5.41) is 0.805. The number of aromatic nitrogens is 3. The van der Waals surface area contributed by atoms with Gasteiger partial charge in [0.1, 0.15) is 16.4 Å². The number of H-pyrrole nitrogens is 1. The quantitative estimate of drug-likeness (QED) is 0.737. The highest BCUT2D eigenvalue weighted by molar-refractivity contribution is 7.18. The molecule has 0 spiro atoms. The smallest absolute Gasteiger partial charge is 0.259 e. The number of thiophene rings is 1. The van der Waals surface area contributed by atoms with Crippen molar-refractivity contribution in [1.82, 2.24) is 15.0 Å². The van der Waals surface area contributed by atoms with Crippen molar-refractivity contribution in [2.75, 3.05) is 0 Å². The molecule has 0 unspecified atom stereocenters. The van der Waals surface area contributed by atoms with Gasteiger partial charge in [-0.25, -0.2) is 9.97 Å². The molecule has 3 heterocycles. The number of aromatic amines is 1. The van der Waals surface area contributed by atoms with Crippen LogP contribution in [-0.2, 0) is 19.3 Å². The Morgan fingerprint density at radius 2 is 2.18 bits per heavy atom. The van der Waals surface area contributed by atoms with Gasteiger partial charge < -0.3 is 9.40 Å². The van der Waals surface area contributed by atoms with Gasteiger partial charge >= 0.3 is 0 Å². The zero-order valence-electron chi connectivity index (χ0n) is 12.4. The van der Waals surface area contributed by atoms with E-state index in [-0.39, 0.29) is 5.56 Å². The summed E-state index contributed by atoms with van der Waals surface area (Å²) in [6.45, 7) is 1.80. The average Bonchev–Trinajstić information content (AvgIpc) is 2.95. The van der Waals surface area contributed by atoms with Crippen LogP contribution in [0.3, 0.4) is 0 Å². The van der Waals surface area contributed by atoms with Crippen LogP contribution in [0.25, 0.3) is 10.2 Å². The number of nitrogens with one attached hydrogen (secondary N) is 1. The van der Waals surface area contributed by atoms with Crippen molar-refractivity contribution >= 4 is 21.6 Å². The highest BCUT2D eigenvalue weighted by Crippen LogP contribution is 2.32. The summed E-state index contributed by atoms with van der Waals surface area (Å²) < 4.78 is 5.47. The van der Waals surface area contributed by atoms with E-state index in [0.717, 1.165) is 35.2 Å². The monoisotopic (exact) mass is 315 g/mol. The molecule has 1 N–H and O–H groups in total. The number of nitrogens with zero attached hydrogens (tertiary/aromatic N) is 2. The fourth-order valence-electron chi connectivity index (χ4n) is 3.12. The van der Waals surface area contributed by atoms with Crippen LogP contribution in [-0.4, -0.2) is 15.0 Å². The van der Waals surface area contributed by atoms with Gasteiger partial charge in [0.15, 0.2) is 5.89 Å². The first-order valence-electron chi connectivity index (χ1n) is 7.65. The molecule has 3 aromatic rings. The number of rotatable bonds is 2. The highest BCUT2D eigenvalue weighted by Gasteiger charge is 2.19. The Morgan fingerprint density at radius 3 is 3.00 bits per heavy atom. The molecular formula is C16H17N3O2S. The Morgan fingerprint density at radius 1 is 1.32 bits per heavy atom. The maximum Gasteiger partial charge on any atom is 0.259 e. The number of hydrogen-bond acceptors (Lipinski definition) is 5. The third-order valence-electron chi connectivity index (χ3n) is 4.13. The second-order valence-corrected chi connectivity index (χ2v) is 6.86. The summed E-state index contributed by atoms with van der Waals surface area (Å²) in [5.74, 6) is 1.99. The molecule has 1 aliphatic rings. The fourth-order valence-corrected chi connectivity index (χ4v) is 4.40. The minimum absolute atomic E-state index is 0.0179. The number of oxazole rings is 1. The lowest BCUT2D eigenvalue weighted by molar-refractivity contribution is 0.481. The van der Waals surface area contributed by atoms with Gasteiger partial charge in [0, 0.05) is 11.8 Å². The molecule has 5 nitrogen and oxygen atoms in total. The van der Waals surface area contributed by atoms with E-state index in [2.05, 4.69) is 15.0 Å². The van der Waals surface area contributed by atoms with E-state index in [1.807, 2.05) is 0 Å². The van der Waals surface area contributed by atoms with Crippen molar-refractivity contribution in [3.63, 3.8) is 0 Å². The molecule has 0 atom stereocenters. The standard InChI is InChI=1S/C16H17N3O2S/c1-9-17-8-10(21-9)7-13-18-15(20)14-11-5-3-2-4-6-12(11)22-16(14)19-13/h8H,2-7H2,1H3,(H,18,19,20). The molecule has 0 saturated heterocycles. The summed E-state index contributed by atoms with van der Waals surface area (Å²) in [5.41, 5.74) is 1.21. The van der Waals surface area contributed by atoms with Gasteiger partial charge in [-0.15, -0.1) is 11.3 Å². The topological polar surface area (TPSA) is 71.8 Å². The van der Waals surface area contributed by atoms with E-state index in [1.165, 1.54) is 23.3 Å². The molecule has 0 fully saturated rings. The molecular weight excluding hydrogens is 298 g/mol. The van der Waals surface area contributed by atoms with E-state index in [4.69, 9.17) is 4.42 Å². The molecule has 22 heavy (non-hydrogen) atoms. The average molecular weight is 315 g/mol. The lowest BCUT2D eigenvalue weighted by atomic mass is 10.1. The Kier molecular flexibility index (Phi) is 3.33. The normalized spacial score (nSPS) is 15.0. The highest BCUT2D eigenvalue weighted by atomic mass is 32.1. The molecule has 4 rings (SSSR count). The second-order valence-electron chi connectivity index (χ2n) is 5.78. The molecule has 0 aliphatic heterocycles. The van der Waals surface area contributed by atoms with Crippen LogP contribution >= 0.6 is 11.3 Å². The van der Waals surface area contributed by atoms with E-state index >= 15 is 0 Å². The van der Waals surface area contributed by atoms with Crippen molar-refractivity contribution in [2.24, 2.45) is 0 Å². The third kappa shape index (κ3) is 2.37. The second kappa shape index (κ2) is 5.35. The third-order valence-corrected chi connectivity index (χ3v) is 5.32. The van der Waals surface area contributed by atoms with Crippen LogP contribution in [0.1, 0.15) is 47.2 Å². The largest absolute Gasteiger partial charge is 0.446 e. The van der Waals surface area contributed by atoms with E-state index in [0.29, 0.717) is 18.1 Å². The molecule has 0 radical (unpaired) electrons. The summed E-state index contributed by atoms with van der Waals surface area (Å²) in [6.07, 6.45) is 7.85. The van der Waals surface area contributed by atoms with Crippen LogP contribution < -0.4 is 5.56 Å². The first-order chi connectivity index (χ1) is 10.7. The minimum atomic E-state index is -0.0179. The zero-order valence-corrected chi connectivity index (χ0v) is 13.3. The van der Waals surface area contributed by atoms with Crippen LogP contribution in [0.4, 0.5) is 0 Å². The van der Waals surface area contributed by atoms with Crippen molar-refractivity contribution < 1.29 is 4.42 Å². The number of hydrogen-bond donors (Lipinski definition) is 1. The maximum atomic E-state index is 12.5. The Bertz CT molecular complexity index is 891. The SMILES string of the molecule is Cc1ncc(Cc2nc3sc4c(c3c(=O)[nH]2)CCCCC4)o1. The van der Waals surface area contributed by atoms with Crippen molar-refractivity contribution in [1.29, 1.82) is 0 Å². The molecule has 0 saturated carbocycles. The summed E-state index contributed by atoms with van der Waals surface area (Å²) in [6, 6.07) is 0. The molecule has 0 aromatic carbocycles. The lowest BCUT2D eigenvalue weighted by Crippen LogP contribution is -2.12. The molecule has 0 bridgehead atoms. The number of aryl methyl sites for hydroxylation is 3. The molecule has 1 aliphatic carbocycles. The molecule has 6 heteroatoms. The summed E-state index contributed by atoms with van der Waals surface area (Å²) >= 11 is 1.68. The Labute approximate surface area is 131 Å². The predicted molar refractivity (Wildman–Crippen MR) is 85.5 cm³/mol. The molecule has 0 amide bonds. The Balaban J connectivity index is 1.78. The Hall–Kier alpha value is -1.95. The van der Waals surface area contributed by atoms with E-state index in [1.54, 1.807) is 24.5 Å². The van der Waals surface area contributed by atoms with Gasteiger partial charge in [-0.2, -0.15) is 0 Å². The zero-order chi connectivity index (χ0) is 15.1. The lowest BCUT2D eigenvalue weighted by Gasteiger charge is -2.00. The molecule has 3 aromatic heterocycles. The van der Waals surface area contributed by atoms with Crippen molar-refractivity contribution in [3.05, 3.63) is 44.5 Å². The van der Waals surface area contributed by atoms with Gasteiger partial charge in [0.05, 0.1) is 18.0 Å². The van der Waals surface area contributed by atoms with E-state index in [9.17, 15) is 4.79 Å². The van der Waals surface area contributed by atoms with Crippen molar-refractivity contribution in [2.45, 2.75) is 45.4 Å². The first kappa shape index (κ1) is 13.7. The van der Waals surface area contributed by atoms with Gasteiger partial charge in [0.25, 0.3) is 5.56 Å². The van der Waals surface area contributed by atoms with Crippen LogP contribution in [0, 0.1) is 6.92 Å². The van der Waals surface area contributed by atoms with E-state index < -0.39 is 0 Å². The fraction of sp³-hybridized carbons (Fsp3) is 0.438. The van der Waals surface area contributed by atoms with Crippen LogP contribution in [0.5, 0.6) is 0 Å². The van der Waals surface area contributed by atoms with Gasteiger partial charge in [-0.1, -0.05) is 6.42 Å². The number of fused-ring (bicyclic) bond motifs is 3. The predicted octanol–water partition coefficient (Wildman–Crippen LogP) is 3.14. The van der Waals surface area contributed by atoms with Gasteiger partial charge in [-0.05, 0) is 31.2 Å². The van der Waals surface area contributed by atoms with Gasteiger partial charge in [0.2, 0.25) is 0 Å². The first-order valence-corrected chi connectivity index (χ1v) is 8.47. The summed E-state index contributed by atoms with van der Waals surface area (Å²) in [4.78, 5) is 26.4. The van der Waals surface area contributed by atoms with Crippen LogP contribution in [0.2, 0.25) is 0 Å². The maximum absolute atomic E-state index is 12.5. The van der Waals surface area contributed by atoms with Gasteiger partial charge in [-0.3, -0.25) is 4.79 Å².